The van der Waals surface area contributed by atoms with Gasteiger partial charge in [0.15, 0.2) is 11.5 Å². The number of anilines is 1. The Morgan fingerprint density at radius 2 is 1.71 bits per heavy atom. The minimum atomic E-state index is 0.365. The maximum absolute atomic E-state index is 6.30. The van der Waals surface area contributed by atoms with Crippen LogP contribution in [-0.2, 0) is 13.2 Å². The van der Waals surface area contributed by atoms with Crippen molar-refractivity contribution < 1.29 is 9.47 Å². The summed E-state index contributed by atoms with van der Waals surface area (Å²) in [7, 11) is 1.65. The summed E-state index contributed by atoms with van der Waals surface area (Å²) in [5, 5.41) is 5.21. The van der Waals surface area contributed by atoms with Crippen LogP contribution in [0.3, 0.4) is 0 Å². The number of aromatic nitrogens is 1. The van der Waals surface area contributed by atoms with Gasteiger partial charge in [-0.1, -0.05) is 48.0 Å². The van der Waals surface area contributed by atoms with E-state index in [2.05, 4.69) is 54.7 Å². The minimum Gasteiger partial charge on any atom is -0.493 e. The Morgan fingerprint density at radius 3 is 2.51 bits per heavy atom. The van der Waals surface area contributed by atoms with E-state index < -0.39 is 0 Å². The van der Waals surface area contributed by atoms with Crippen LogP contribution in [0.2, 0.25) is 5.02 Å². The summed E-state index contributed by atoms with van der Waals surface area (Å²) in [6, 6.07) is 28.3. The second-order valence-corrected chi connectivity index (χ2v) is 9.69. The van der Waals surface area contributed by atoms with Crippen molar-refractivity contribution >= 4 is 38.8 Å². The van der Waals surface area contributed by atoms with Gasteiger partial charge >= 0.3 is 0 Å². The van der Waals surface area contributed by atoms with Crippen LogP contribution in [0.1, 0.15) is 16.7 Å². The number of nitrogens with zero attached hydrogens (tertiary/aromatic N) is 1. The number of methoxy groups -OCH3 is 1. The standard InChI is InChI=1S/C29H25ClN2O2S/c1-19-10-15-25-27(16-19)35-29(32-25)20-11-13-23(14-12-20)31-17-21-7-5-9-26(33-2)28(21)34-18-22-6-3-4-8-24(22)30/h3-16,31H,17-18H2,1-2H3. The van der Waals surface area contributed by atoms with Gasteiger partial charge in [0.25, 0.3) is 0 Å². The summed E-state index contributed by atoms with van der Waals surface area (Å²) in [4.78, 5) is 4.79. The van der Waals surface area contributed by atoms with E-state index in [0.29, 0.717) is 29.7 Å². The molecule has 0 amide bonds. The maximum Gasteiger partial charge on any atom is 0.166 e. The van der Waals surface area contributed by atoms with Crippen molar-refractivity contribution in [1.82, 2.24) is 4.98 Å². The van der Waals surface area contributed by atoms with Crippen LogP contribution in [0.15, 0.2) is 84.9 Å². The summed E-state index contributed by atoms with van der Waals surface area (Å²) < 4.78 is 12.9. The first-order valence-corrected chi connectivity index (χ1v) is 12.5. The van der Waals surface area contributed by atoms with Crippen molar-refractivity contribution in [2.75, 3.05) is 12.4 Å². The molecule has 0 radical (unpaired) electrons. The van der Waals surface area contributed by atoms with Crippen LogP contribution >= 0.6 is 22.9 Å². The third kappa shape index (κ3) is 5.26. The van der Waals surface area contributed by atoms with Crippen LogP contribution in [0.5, 0.6) is 11.5 Å². The van der Waals surface area contributed by atoms with E-state index in [1.807, 2.05) is 42.5 Å². The number of hydrogen-bond donors (Lipinski definition) is 1. The largest absolute Gasteiger partial charge is 0.493 e. The highest BCUT2D eigenvalue weighted by molar-refractivity contribution is 7.21. The lowest BCUT2D eigenvalue weighted by molar-refractivity contribution is 0.282. The molecule has 5 aromatic rings. The van der Waals surface area contributed by atoms with Crippen molar-refractivity contribution in [2.45, 2.75) is 20.1 Å². The van der Waals surface area contributed by atoms with E-state index in [9.17, 15) is 0 Å². The fourth-order valence-electron chi connectivity index (χ4n) is 3.87. The number of aryl methyl sites for hydroxylation is 1. The number of thiazole rings is 1. The van der Waals surface area contributed by atoms with Crippen LogP contribution in [0, 0.1) is 6.92 Å². The molecule has 4 nitrogen and oxygen atoms in total. The van der Waals surface area contributed by atoms with Crippen LogP contribution in [0.4, 0.5) is 5.69 Å². The topological polar surface area (TPSA) is 43.4 Å². The zero-order chi connectivity index (χ0) is 24.2. The van der Waals surface area contributed by atoms with E-state index in [0.717, 1.165) is 32.9 Å². The molecule has 6 heteroatoms. The molecule has 0 aliphatic carbocycles. The molecule has 0 fully saturated rings. The first-order chi connectivity index (χ1) is 17.1. The van der Waals surface area contributed by atoms with E-state index >= 15 is 0 Å². The smallest absolute Gasteiger partial charge is 0.166 e. The summed E-state index contributed by atoms with van der Waals surface area (Å²) in [5.41, 5.74) is 6.35. The summed E-state index contributed by atoms with van der Waals surface area (Å²) in [6.45, 7) is 3.06. The van der Waals surface area contributed by atoms with Gasteiger partial charge in [-0.15, -0.1) is 11.3 Å². The van der Waals surface area contributed by atoms with E-state index in [1.165, 1.54) is 10.3 Å². The second kappa shape index (κ2) is 10.4. The number of hydrogen-bond acceptors (Lipinski definition) is 5. The highest BCUT2D eigenvalue weighted by Crippen LogP contribution is 2.34. The first kappa shape index (κ1) is 23.2. The van der Waals surface area contributed by atoms with Crippen LogP contribution < -0.4 is 14.8 Å². The SMILES string of the molecule is COc1cccc(CNc2ccc(-c3nc4ccc(C)cc4s3)cc2)c1OCc1ccccc1Cl. The van der Waals surface area contributed by atoms with Gasteiger partial charge in [0, 0.05) is 33.9 Å². The molecule has 1 N–H and O–H groups in total. The van der Waals surface area contributed by atoms with Crippen LogP contribution in [0.25, 0.3) is 20.8 Å². The van der Waals surface area contributed by atoms with Crippen molar-refractivity contribution in [3.8, 4) is 22.1 Å². The highest BCUT2D eigenvalue weighted by Gasteiger charge is 2.12. The average molecular weight is 501 g/mol. The number of para-hydroxylation sites is 1. The van der Waals surface area contributed by atoms with Gasteiger partial charge in [0.2, 0.25) is 0 Å². The number of nitrogens with one attached hydrogen (secondary N) is 1. The molecule has 1 heterocycles. The molecule has 0 unspecified atom stereocenters. The summed E-state index contributed by atoms with van der Waals surface area (Å²) >= 11 is 8.02. The number of halogens is 1. The average Bonchev–Trinajstić information content (AvgIpc) is 3.30. The molecule has 0 aliphatic rings. The Morgan fingerprint density at radius 1 is 0.914 bits per heavy atom. The zero-order valence-electron chi connectivity index (χ0n) is 19.5. The third-order valence-corrected chi connectivity index (χ3v) is 7.20. The van der Waals surface area contributed by atoms with Gasteiger partial charge in [-0.25, -0.2) is 4.98 Å². The van der Waals surface area contributed by atoms with E-state index in [4.69, 9.17) is 26.1 Å². The minimum absolute atomic E-state index is 0.365. The van der Waals surface area contributed by atoms with Gasteiger partial charge in [-0.3, -0.25) is 0 Å². The zero-order valence-corrected chi connectivity index (χ0v) is 21.1. The Bertz CT molecular complexity index is 1460. The van der Waals surface area contributed by atoms with Crippen LogP contribution in [-0.4, -0.2) is 12.1 Å². The Hall–Kier alpha value is -3.54. The number of rotatable bonds is 8. The molecule has 0 saturated heterocycles. The molecule has 35 heavy (non-hydrogen) atoms. The lowest BCUT2D eigenvalue weighted by atomic mass is 10.1. The lowest BCUT2D eigenvalue weighted by Crippen LogP contribution is -2.05. The summed E-state index contributed by atoms with van der Waals surface area (Å²) in [5.74, 6) is 1.40. The van der Waals surface area contributed by atoms with Crippen molar-refractivity contribution in [3.05, 3.63) is 107 Å². The Balaban J connectivity index is 1.30. The molecule has 0 bridgehead atoms. The molecule has 0 saturated carbocycles. The van der Waals surface area contributed by atoms with E-state index in [-0.39, 0.29) is 0 Å². The fourth-order valence-corrected chi connectivity index (χ4v) is 5.13. The van der Waals surface area contributed by atoms with Gasteiger partial charge in [-0.05, 0) is 61.0 Å². The predicted octanol–water partition coefficient (Wildman–Crippen LogP) is 8.12. The molecule has 176 valence electrons. The lowest BCUT2D eigenvalue weighted by Gasteiger charge is -2.16. The third-order valence-electron chi connectivity index (χ3n) is 5.77. The molecule has 1 aromatic heterocycles. The highest BCUT2D eigenvalue weighted by atomic mass is 35.5. The van der Waals surface area contributed by atoms with Gasteiger partial charge in [-0.2, -0.15) is 0 Å². The molecule has 0 aliphatic heterocycles. The predicted molar refractivity (Wildman–Crippen MR) is 146 cm³/mol. The van der Waals surface area contributed by atoms with Crippen molar-refractivity contribution in [1.29, 1.82) is 0 Å². The number of fused-ring (bicyclic) bond motifs is 1. The van der Waals surface area contributed by atoms with Gasteiger partial charge in [0.1, 0.15) is 11.6 Å². The van der Waals surface area contributed by atoms with Crippen molar-refractivity contribution in [3.63, 3.8) is 0 Å². The van der Waals surface area contributed by atoms with Gasteiger partial charge < -0.3 is 14.8 Å². The molecular formula is C29H25ClN2O2S. The Kier molecular flexibility index (Phi) is 6.89. The molecular weight excluding hydrogens is 476 g/mol. The van der Waals surface area contributed by atoms with Gasteiger partial charge in [0.05, 0.1) is 17.3 Å². The molecule has 4 aromatic carbocycles. The maximum atomic E-state index is 6.30. The summed E-state index contributed by atoms with van der Waals surface area (Å²) in [6.07, 6.45) is 0. The normalized spacial score (nSPS) is 10.9. The van der Waals surface area contributed by atoms with Crippen molar-refractivity contribution in [2.24, 2.45) is 0 Å². The Labute approximate surface area is 214 Å². The molecule has 0 atom stereocenters. The quantitative estimate of drug-likeness (QED) is 0.233. The first-order valence-electron chi connectivity index (χ1n) is 11.3. The fraction of sp³-hybridized carbons (Fsp3) is 0.138. The van der Waals surface area contributed by atoms with E-state index in [1.54, 1.807) is 18.4 Å². The second-order valence-electron chi connectivity index (χ2n) is 8.25. The number of benzene rings is 4. The monoisotopic (exact) mass is 500 g/mol. The molecule has 5 rings (SSSR count). The molecule has 0 spiro atoms. The number of ether oxygens (including phenoxy) is 2.